The quantitative estimate of drug-likeness (QED) is 0.859. The van der Waals surface area contributed by atoms with Crippen molar-refractivity contribution in [3.63, 3.8) is 0 Å². The average Bonchev–Trinajstić information content (AvgIpc) is 2.99. The van der Waals surface area contributed by atoms with E-state index in [2.05, 4.69) is 9.88 Å². The Kier molecular flexibility index (Phi) is 4.85. The van der Waals surface area contributed by atoms with Gasteiger partial charge in [-0.1, -0.05) is 12.1 Å². The van der Waals surface area contributed by atoms with Gasteiger partial charge < -0.3 is 14.2 Å². The van der Waals surface area contributed by atoms with Crippen LogP contribution in [0.5, 0.6) is 5.75 Å². The molecular formula is C18H24N4O2. The van der Waals surface area contributed by atoms with Gasteiger partial charge in [-0.05, 0) is 17.7 Å². The summed E-state index contributed by atoms with van der Waals surface area (Å²) in [5, 5.41) is 0. The summed E-state index contributed by atoms with van der Waals surface area (Å²) in [7, 11) is 3.67. The lowest BCUT2D eigenvalue weighted by Crippen LogP contribution is -2.49. The van der Waals surface area contributed by atoms with E-state index in [-0.39, 0.29) is 11.9 Å². The van der Waals surface area contributed by atoms with Crippen LogP contribution >= 0.6 is 0 Å². The molecule has 1 aliphatic heterocycles. The van der Waals surface area contributed by atoms with Gasteiger partial charge in [0.2, 0.25) is 5.91 Å². The van der Waals surface area contributed by atoms with Gasteiger partial charge in [-0.3, -0.25) is 9.69 Å². The zero-order valence-electron chi connectivity index (χ0n) is 14.5. The van der Waals surface area contributed by atoms with E-state index in [1.165, 1.54) is 0 Å². The Morgan fingerprint density at radius 3 is 2.62 bits per heavy atom. The Morgan fingerprint density at radius 2 is 2.04 bits per heavy atom. The summed E-state index contributed by atoms with van der Waals surface area (Å²) >= 11 is 0. The van der Waals surface area contributed by atoms with E-state index in [0.29, 0.717) is 0 Å². The van der Waals surface area contributed by atoms with Gasteiger partial charge in [0.05, 0.1) is 19.7 Å². The number of aromatic nitrogens is 2. The van der Waals surface area contributed by atoms with Gasteiger partial charge in [0.15, 0.2) is 0 Å². The van der Waals surface area contributed by atoms with Crippen molar-refractivity contribution in [3.05, 3.63) is 48.0 Å². The van der Waals surface area contributed by atoms with E-state index >= 15 is 0 Å². The first-order valence-electron chi connectivity index (χ1n) is 8.18. The van der Waals surface area contributed by atoms with Gasteiger partial charge in [0.25, 0.3) is 0 Å². The molecular weight excluding hydrogens is 304 g/mol. The number of imidazole rings is 1. The number of hydrogen-bond acceptors (Lipinski definition) is 4. The number of rotatable bonds is 4. The van der Waals surface area contributed by atoms with Gasteiger partial charge >= 0.3 is 0 Å². The molecule has 3 rings (SSSR count). The van der Waals surface area contributed by atoms with Crippen molar-refractivity contribution < 1.29 is 9.53 Å². The van der Waals surface area contributed by atoms with Crippen LogP contribution in [0.3, 0.4) is 0 Å². The average molecular weight is 328 g/mol. The molecule has 0 radical (unpaired) electrons. The number of amides is 1. The number of piperazine rings is 1. The van der Waals surface area contributed by atoms with Crippen LogP contribution in [0.25, 0.3) is 0 Å². The molecule has 1 atom stereocenters. The molecule has 128 valence electrons. The Hall–Kier alpha value is -2.34. The summed E-state index contributed by atoms with van der Waals surface area (Å²) in [4.78, 5) is 20.8. The van der Waals surface area contributed by atoms with Crippen molar-refractivity contribution in [3.8, 4) is 5.75 Å². The largest absolute Gasteiger partial charge is 0.497 e. The molecule has 1 aromatic carbocycles. The summed E-state index contributed by atoms with van der Waals surface area (Å²) < 4.78 is 7.27. The van der Waals surface area contributed by atoms with E-state index < -0.39 is 0 Å². The number of aryl methyl sites for hydroxylation is 1. The van der Waals surface area contributed by atoms with Gasteiger partial charge in [0.1, 0.15) is 11.6 Å². The summed E-state index contributed by atoms with van der Waals surface area (Å²) in [6.45, 7) is 4.83. The molecule has 1 amide bonds. The van der Waals surface area contributed by atoms with Crippen molar-refractivity contribution in [1.29, 1.82) is 0 Å². The number of carbonyl (C=O) groups excluding carboxylic acids is 1. The second kappa shape index (κ2) is 7.05. The highest BCUT2D eigenvalue weighted by atomic mass is 16.5. The van der Waals surface area contributed by atoms with E-state index in [1.807, 2.05) is 53.2 Å². The second-order valence-electron chi connectivity index (χ2n) is 6.19. The Bertz CT molecular complexity index is 695. The summed E-state index contributed by atoms with van der Waals surface area (Å²) in [5.74, 6) is 1.99. The molecule has 24 heavy (non-hydrogen) atoms. The van der Waals surface area contributed by atoms with Crippen LogP contribution in [0.1, 0.15) is 24.4 Å². The Labute approximate surface area is 142 Å². The fourth-order valence-corrected chi connectivity index (χ4v) is 3.22. The summed E-state index contributed by atoms with van der Waals surface area (Å²) in [5.41, 5.74) is 1.13. The zero-order valence-corrected chi connectivity index (χ0v) is 14.5. The Balaban J connectivity index is 1.79. The molecule has 0 aliphatic carbocycles. The molecule has 6 nitrogen and oxygen atoms in total. The highest BCUT2D eigenvalue weighted by Crippen LogP contribution is 2.27. The number of benzene rings is 1. The number of ether oxygens (including phenoxy) is 1. The fourth-order valence-electron chi connectivity index (χ4n) is 3.22. The number of hydrogen-bond donors (Lipinski definition) is 0. The molecule has 6 heteroatoms. The predicted molar refractivity (Wildman–Crippen MR) is 91.6 cm³/mol. The number of nitrogens with zero attached hydrogens (tertiary/aromatic N) is 4. The van der Waals surface area contributed by atoms with E-state index in [1.54, 1.807) is 14.0 Å². The lowest BCUT2D eigenvalue weighted by Gasteiger charge is -2.41. The number of methoxy groups -OCH3 is 1. The van der Waals surface area contributed by atoms with E-state index in [0.717, 1.165) is 43.3 Å². The van der Waals surface area contributed by atoms with Crippen LogP contribution < -0.4 is 4.74 Å². The van der Waals surface area contributed by atoms with E-state index in [4.69, 9.17) is 4.74 Å². The Morgan fingerprint density at radius 1 is 1.29 bits per heavy atom. The van der Waals surface area contributed by atoms with Crippen molar-refractivity contribution >= 4 is 5.91 Å². The lowest BCUT2D eigenvalue weighted by molar-refractivity contribution is -0.134. The maximum Gasteiger partial charge on any atom is 0.220 e. The molecule has 0 N–H and O–H groups in total. The molecule has 1 fully saturated rings. The molecule has 1 aromatic heterocycles. The third kappa shape index (κ3) is 3.43. The first kappa shape index (κ1) is 16.5. The van der Waals surface area contributed by atoms with Crippen molar-refractivity contribution in [2.75, 3.05) is 26.7 Å². The van der Waals surface area contributed by atoms with Crippen molar-refractivity contribution in [1.82, 2.24) is 19.4 Å². The van der Waals surface area contributed by atoms with Crippen molar-refractivity contribution in [2.45, 2.75) is 19.5 Å². The minimum absolute atomic E-state index is 0.0578. The third-order valence-corrected chi connectivity index (χ3v) is 4.66. The van der Waals surface area contributed by atoms with Gasteiger partial charge in [-0.2, -0.15) is 0 Å². The molecule has 1 aliphatic rings. The van der Waals surface area contributed by atoms with Crippen LogP contribution in [0, 0.1) is 0 Å². The van der Waals surface area contributed by atoms with Gasteiger partial charge in [0, 0.05) is 46.0 Å². The van der Waals surface area contributed by atoms with Crippen LogP contribution in [0.4, 0.5) is 0 Å². The molecule has 0 spiro atoms. The molecule has 0 bridgehead atoms. The zero-order chi connectivity index (χ0) is 17.1. The van der Waals surface area contributed by atoms with Crippen LogP contribution in [-0.2, 0) is 18.4 Å². The normalized spacial score (nSPS) is 18.6. The molecule has 2 heterocycles. The fraction of sp³-hybridized carbons (Fsp3) is 0.444. The SMILES string of the molecule is COc1ccc([C@@H]2CN(Cc3nccn3C)CCN2C(C)=O)cc1. The molecule has 0 unspecified atom stereocenters. The number of carbonyl (C=O) groups is 1. The third-order valence-electron chi connectivity index (χ3n) is 4.66. The molecule has 2 aromatic rings. The highest BCUT2D eigenvalue weighted by molar-refractivity contribution is 5.74. The highest BCUT2D eigenvalue weighted by Gasteiger charge is 2.30. The first-order valence-corrected chi connectivity index (χ1v) is 8.18. The molecule has 0 saturated carbocycles. The minimum atomic E-state index is 0.0578. The standard InChI is InChI=1S/C18H24N4O2/c1-14(23)22-11-10-21(13-18-19-8-9-20(18)2)12-17(22)15-4-6-16(24-3)7-5-15/h4-9,17H,10-13H2,1-3H3/t17-/m0/s1. The second-order valence-corrected chi connectivity index (χ2v) is 6.19. The van der Waals surface area contributed by atoms with Crippen molar-refractivity contribution in [2.24, 2.45) is 7.05 Å². The summed E-state index contributed by atoms with van der Waals surface area (Å²) in [6, 6.07) is 8.05. The van der Waals surface area contributed by atoms with Gasteiger partial charge in [-0.25, -0.2) is 4.98 Å². The van der Waals surface area contributed by atoms with Crippen LogP contribution in [0.15, 0.2) is 36.7 Å². The smallest absolute Gasteiger partial charge is 0.220 e. The topological polar surface area (TPSA) is 50.6 Å². The minimum Gasteiger partial charge on any atom is -0.497 e. The predicted octanol–water partition coefficient (Wildman–Crippen LogP) is 1.83. The van der Waals surface area contributed by atoms with Gasteiger partial charge in [-0.15, -0.1) is 0 Å². The summed E-state index contributed by atoms with van der Waals surface area (Å²) in [6.07, 6.45) is 3.78. The lowest BCUT2D eigenvalue weighted by atomic mass is 10.0. The first-order chi connectivity index (χ1) is 11.6. The van der Waals surface area contributed by atoms with E-state index in [9.17, 15) is 4.79 Å². The monoisotopic (exact) mass is 328 g/mol. The van der Waals surface area contributed by atoms with Crippen LogP contribution in [-0.4, -0.2) is 52.0 Å². The maximum atomic E-state index is 12.0. The maximum absolute atomic E-state index is 12.0. The molecule has 1 saturated heterocycles. The van der Waals surface area contributed by atoms with Crippen LogP contribution in [0.2, 0.25) is 0 Å².